The van der Waals surface area contributed by atoms with Crippen molar-refractivity contribution in [2.24, 2.45) is 11.8 Å². The number of hydrogen-bond donors (Lipinski definition) is 1. The molecular weight excluding hydrogens is 542 g/mol. The van der Waals surface area contributed by atoms with Gasteiger partial charge in [-0.15, -0.1) is 6.58 Å². The van der Waals surface area contributed by atoms with Crippen LogP contribution in [0.5, 0.6) is 0 Å². The van der Waals surface area contributed by atoms with Gasteiger partial charge in [0, 0.05) is 13.7 Å². The third-order valence-corrected chi connectivity index (χ3v) is 5.24. The highest BCUT2D eigenvalue weighted by atomic mass is 125. The van der Waals surface area contributed by atoms with Crippen LogP contribution in [0.15, 0.2) is 67.3 Å². The monoisotopic (exact) mass is 570 g/mol. The molecule has 0 saturated carbocycles. The van der Waals surface area contributed by atoms with Gasteiger partial charge in [0.1, 0.15) is 0 Å². The maximum atomic E-state index is 8.74. The summed E-state index contributed by atoms with van der Waals surface area (Å²) in [7, 11) is 0. The Kier molecular flexibility index (Phi) is 12.1. The van der Waals surface area contributed by atoms with Gasteiger partial charge >= 0.3 is 0 Å². The summed E-state index contributed by atoms with van der Waals surface area (Å²) in [5, 5.41) is 8.74. The van der Waals surface area contributed by atoms with Gasteiger partial charge in [-0.25, -0.2) is 0 Å². The van der Waals surface area contributed by atoms with Crippen LogP contribution >= 0.6 is 45.2 Å². The van der Waals surface area contributed by atoms with Crippen LogP contribution in [0.3, 0.4) is 0 Å². The average Bonchev–Trinajstić information content (AvgIpc) is 2.61. The summed E-state index contributed by atoms with van der Waals surface area (Å²) >= 11 is 4.64. The van der Waals surface area contributed by atoms with Crippen LogP contribution in [0.4, 0.5) is 0 Å². The van der Waals surface area contributed by atoms with Crippen molar-refractivity contribution >= 4 is 51.3 Å². The summed E-state index contributed by atoms with van der Waals surface area (Å²) in [5.41, 5.74) is 2.62. The molecule has 26 heavy (non-hydrogen) atoms. The molecular formula is C23H28I2O. The molecule has 1 nitrogen and oxygen atoms in total. The third-order valence-electron chi connectivity index (χ3n) is 3.90. The molecule has 2 unspecified atom stereocenters. The van der Waals surface area contributed by atoms with E-state index in [2.05, 4.69) is 126 Å². The first-order chi connectivity index (χ1) is 12.4. The summed E-state index contributed by atoms with van der Waals surface area (Å²) in [6.07, 6.45) is 8.19. The second-order valence-electron chi connectivity index (χ2n) is 6.45. The molecule has 0 aliphatic heterocycles. The lowest BCUT2D eigenvalue weighted by molar-refractivity contribution is 0.274. The second-order valence-corrected chi connectivity index (χ2v) is 8.94. The van der Waals surface area contributed by atoms with E-state index in [1.165, 1.54) is 18.3 Å². The minimum absolute atomic E-state index is 0.262. The standard InChI is InChI=1S/C12H15IO.C11H13I/c1-10(7-8-14)5-6-11-3-2-4-12(13)9-11;1-3-9(2)7-10-5-4-6-11(12)8-10/h2-6,9-10,14H,7-8H2,1H3;3-6,8-9H,1,7H2,2H3/i13-2;12-2. The van der Waals surface area contributed by atoms with Gasteiger partial charge in [0.05, 0.1) is 0 Å². The lowest BCUT2D eigenvalue weighted by Gasteiger charge is -2.05. The molecule has 1 N–H and O–H groups in total. The number of aliphatic hydroxyl groups is 1. The predicted octanol–water partition coefficient (Wildman–Crippen LogP) is 6.98. The summed E-state index contributed by atoms with van der Waals surface area (Å²) in [6, 6.07) is 17.0. The second kappa shape index (κ2) is 13.5. The van der Waals surface area contributed by atoms with Crippen LogP contribution in [0, 0.1) is 19.0 Å². The quantitative estimate of drug-likeness (QED) is 0.282. The average molecular weight is 570 g/mol. The lowest BCUT2D eigenvalue weighted by atomic mass is 10.0. The molecule has 0 saturated heterocycles. The van der Waals surface area contributed by atoms with E-state index in [0.717, 1.165) is 12.8 Å². The molecule has 0 bridgehead atoms. The van der Waals surface area contributed by atoms with E-state index in [4.69, 9.17) is 5.11 Å². The van der Waals surface area contributed by atoms with Crippen molar-refractivity contribution in [3.8, 4) is 0 Å². The van der Waals surface area contributed by atoms with Crippen LogP contribution in [-0.4, -0.2) is 11.7 Å². The van der Waals surface area contributed by atoms with Crippen molar-refractivity contribution in [3.63, 3.8) is 0 Å². The van der Waals surface area contributed by atoms with Gasteiger partial charge in [0.25, 0.3) is 0 Å². The van der Waals surface area contributed by atoms with Crippen molar-refractivity contribution < 1.29 is 5.11 Å². The smallest absolute Gasteiger partial charge is 0.0436 e. The molecule has 2 rings (SSSR count). The van der Waals surface area contributed by atoms with Crippen molar-refractivity contribution in [2.45, 2.75) is 26.7 Å². The Labute approximate surface area is 185 Å². The SMILES string of the molecule is C=CC(C)Cc1cccc([125I])c1.CC(C=Cc1cccc([125I])c1)CCO. The van der Waals surface area contributed by atoms with Gasteiger partial charge in [0.2, 0.25) is 0 Å². The molecule has 0 amide bonds. The molecule has 2 atom stereocenters. The van der Waals surface area contributed by atoms with E-state index >= 15 is 0 Å². The first-order valence-corrected chi connectivity index (χ1v) is 11.0. The van der Waals surface area contributed by atoms with Crippen LogP contribution in [0.2, 0.25) is 0 Å². The summed E-state index contributed by atoms with van der Waals surface area (Å²) in [4.78, 5) is 0. The summed E-state index contributed by atoms with van der Waals surface area (Å²) in [5.74, 6) is 1.01. The van der Waals surface area contributed by atoms with E-state index < -0.39 is 0 Å². The number of benzene rings is 2. The highest BCUT2D eigenvalue weighted by Crippen LogP contribution is 2.13. The van der Waals surface area contributed by atoms with Crippen molar-refractivity contribution in [3.05, 3.63) is 85.5 Å². The zero-order valence-corrected chi connectivity index (χ0v) is 19.9. The number of halogens is 2. The Morgan fingerprint density at radius 3 is 2.23 bits per heavy atom. The number of allylic oxidation sites excluding steroid dienone is 2. The molecule has 3 heteroatoms. The zero-order chi connectivity index (χ0) is 19.4. The van der Waals surface area contributed by atoms with E-state index in [9.17, 15) is 0 Å². The predicted molar refractivity (Wildman–Crippen MR) is 131 cm³/mol. The number of hydrogen-bond acceptors (Lipinski definition) is 1. The van der Waals surface area contributed by atoms with E-state index in [-0.39, 0.29) is 6.61 Å². The van der Waals surface area contributed by atoms with Gasteiger partial charge in [-0.2, -0.15) is 0 Å². The number of rotatable bonds is 7. The minimum Gasteiger partial charge on any atom is -0.396 e. The molecule has 0 aliphatic carbocycles. The third kappa shape index (κ3) is 10.5. The van der Waals surface area contributed by atoms with Gasteiger partial charge < -0.3 is 5.11 Å². The van der Waals surface area contributed by atoms with Crippen LogP contribution in [-0.2, 0) is 6.42 Å². The van der Waals surface area contributed by atoms with Crippen molar-refractivity contribution in [2.75, 3.05) is 6.61 Å². The zero-order valence-electron chi connectivity index (χ0n) is 15.5. The van der Waals surface area contributed by atoms with Crippen molar-refractivity contribution in [1.29, 1.82) is 0 Å². The topological polar surface area (TPSA) is 20.2 Å². The molecule has 0 fully saturated rings. The van der Waals surface area contributed by atoms with Gasteiger partial charge in [0.15, 0.2) is 0 Å². The maximum Gasteiger partial charge on any atom is 0.0436 e. The first-order valence-electron chi connectivity index (χ1n) is 8.86. The Hall–Kier alpha value is -0.660. The number of aliphatic hydroxyl groups excluding tert-OH is 1. The fraction of sp³-hybridized carbons (Fsp3) is 0.304. The summed E-state index contributed by atoms with van der Waals surface area (Å²) in [6.45, 7) is 8.34. The van der Waals surface area contributed by atoms with E-state index in [1.807, 2.05) is 6.08 Å². The van der Waals surface area contributed by atoms with E-state index in [1.54, 1.807) is 0 Å². The van der Waals surface area contributed by atoms with Gasteiger partial charge in [-0.3, -0.25) is 0 Å². The van der Waals surface area contributed by atoms with Gasteiger partial charge in [-0.1, -0.05) is 56.3 Å². The Morgan fingerprint density at radius 1 is 1.00 bits per heavy atom. The molecule has 0 aromatic heterocycles. The highest BCUT2D eigenvalue weighted by molar-refractivity contribution is 14.1. The molecule has 0 radical (unpaired) electrons. The molecule has 0 aliphatic rings. The molecule has 2 aromatic carbocycles. The minimum atomic E-state index is 0.262. The Balaban J connectivity index is 0.000000263. The Morgan fingerprint density at radius 2 is 1.65 bits per heavy atom. The molecule has 0 spiro atoms. The van der Waals surface area contributed by atoms with E-state index in [0.29, 0.717) is 11.8 Å². The maximum absolute atomic E-state index is 8.74. The normalized spacial score (nSPS) is 13.0. The van der Waals surface area contributed by atoms with Gasteiger partial charge in [-0.05, 0) is 105 Å². The fourth-order valence-corrected chi connectivity index (χ4v) is 3.48. The Bertz CT molecular complexity index is 694. The molecule has 2 aromatic rings. The first kappa shape index (κ1) is 23.4. The van der Waals surface area contributed by atoms with Crippen LogP contribution in [0.25, 0.3) is 6.08 Å². The lowest BCUT2D eigenvalue weighted by Crippen LogP contribution is -1.95. The van der Waals surface area contributed by atoms with Crippen LogP contribution < -0.4 is 0 Å². The summed E-state index contributed by atoms with van der Waals surface area (Å²) < 4.78 is 2.56. The van der Waals surface area contributed by atoms with Crippen molar-refractivity contribution in [1.82, 2.24) is 0 Å². The molecule has 140 valence electrons. The van der Waals surface area contributed by atoms with Crippen LogP contribution in [0.1, 0.15) is 31.4 Å². The fourth-order valence-electron chi connectivity index (χ4n) is 2.30. The molecule has 0 heterocycles. The largest absolute Gasteiger partial charge is 0.396 e. The highest BCUT2D eigenvalue weighted by Gasteiger charge is 1.98.